The summed E-state index contributed by atoms with van der Waals surface area (Å²) in [6.07, 6.45) is -0.250. The fraction of sp³-hybridized carbons (Fsp3) is 0.400. The summed E-state index contributed by atoms with van der Waals surface area (Å²) >= 11 is 1.17. The molecule has 0 aliphatic carbocycles. The third kappa shape index (κ3) is 5.18. The van der Waals surface area contributed by atoms with Crippen LogP contribution in [0.3, 0.4) is 0 Å². The molecule has 1 aliphatic rings. The maximum Gasteiger partial charge on any atom is 0.309 e. The quantitative estimate of drug-likeness (QED) is 0.648. The summed E-state index contributed by atoms with van der Waals surface area (Å²) in [5.41, 5.74) is 0.566. The Balaban J connectivity index is 1.49. The Morgan fingerprint density at radius 1 is 1.17 bits per heavy atom. The number of benzene rings is 1. The Hall–Kier alpha value is -2.43. The van der Waals surface area contributed by atoms with Crippen molar-refractivity contribution < 1.29 is 27.5 Å². The second-order valence-corrected chi connectivity index (χ2v) is 10.0. The van der Waals surface area contributed by atoms with Crippen LogP contribution in [-0.2, 0) is 24.3 Å². The van der Waals surface area contributed by atoms with Crippen LogP contribution in [0.4, 0.5) is 5.69 Å². The minimum Gasteiger partial charge on any atom is -0.497 e. The van der Waals surface area contributed by atoms with Gasteiger partial charge in [-0.2, -0.15) is 4.31 Å². The molecule has 1 saturated heterocycles. The van der Waals surface area contributed by atoms with Gasteiger partial charge in [0.25, 0.3) is 15.9 Å². The lowest BCUT2D eigenvalue weighted by molar-refractivity contribution is -0.158. The van der Waals surface area contributed by atoms with Gasteiger partial charge in [0.05, 0.1) is 13.0 Å². The first-order valence-corrected chi connectivity index (χ1v) is 11.8. The van der Waals surface area contributed by atoms with Crippen molar-refractivity contribution in [1.82, 2.24) is 4.31 Å². The number of anilines is 1. The Bertz CT molecular complexity index is 965. The molecule has 2 aromatic rings. The van der Waals surface area contributed by atoms with Gasteiger partial charge < -0.3 is 14.8 Å². The van der Waals surface area contributed by atoms with Gasteiger partial charge in [0.2, 0.25) is 0 Å². The third-order valence-electron chi connectivity index (χ3n) is 4.90. The maximum absolute atomic E-state index is 12.6. The number of methoxy groups -OCH3 is 1. The van der Waals surface area contributed by atoms with E-state index in [-0.39, 0.29) is 13.1 Å². The maximum atomic E-state index is 12.6. The number of carbonyl (C=O) groups is 2. The van der Waals surface area contributed by atoms with Crippen LogP contribution in [0.25, 0.3) is 0 Å². The molecule has 1 fully saturated rings. The van der Waals surface area contributed by atoms with Crippen LogP contribution in [0.2, 0.25) is 0 Å². The minimum atomic E-state index is -3.52. The number of piperidine rings is 1. The highest BCUT2D eigenvalue weighted by molar-refractivity contribution is 7.91. The van der Waals surface area contributed by atoms with Gasteiger partial charge in [0.15, 0.2) is 6.10 Å². The highest BCUT2D eigenvalue weighted by Crippen LogP contribution is 2.27. The van der Waals surface area contributed by atoms with E-state index in [1.165, 1.54) is 22.6 Å². The summed E-state index contributed by atoms with van der Waals surface area (Å²) in [4.78, 5) is 24.7. The van der Waals surface area contributed by atoms with E-state index in [1.54, 1.807) is 48.9 Å². The summed E-state index contributed by atoms with van der Waals surface area (Å²) in [5.74, 6) is -0.692. The van der Waals surface area contributed by atoms with Crippen LogP contribution in [0, 0.1) is 5.92 Å². The molecule has 0 bridgehead atoms. The van der Waals surface area contributed by atoms with Crippen molar-refractivity contribution in [2.24, 2.45) is 5.92 Å². The molecule has 0 spiro atoms. The van der Waals surface area contributed by atoms with Gasteiger partial charge >= 0.3 is 5.97 Å². The van der Waals surface area contributed by atoms with E-state index in [9.17, 15) is 18.0 Å². The molecule has 3 rings (SSSR count). The Kier molecular flexibility index (Phi) is 7.11. The highest BCUT2D eigenvalue weighted by Gasteiger charge is 2.34. The fourth-order valence-electron chi connectivity index (χ4n) is 3.11. The Morgan fingerprint density at radius 2 is 1.83 bits per heavy atom. The van der Waals surface area contributed by atoms with E-state index in [0.717, 1.165) is 0 Å². The number of carbonyl (C=O) groups excluding carboxylic acids is 2. The summed E-state index contributed by atoms with van der Waals surface area (Å²) in [6.45, 7) is 1.99. The van der Waals surface area contributed by atoms with E-state index in [2.05, 4.69) is 5.32 Å². The van der Waals surface area contributed by atoms with Crippen LogP contribution in [0.15, 0.2) is 46.0 Å². The monoisotopic (exact) mass is 452 g/mol. The van der Waals surface area contributed by atoms with Crippen LogP contribution < -0.4 is 10.1 Å². The van der Waals surface area contributed by atoms with Gasteiger partial charge in [-0.1, -0.05) is 6.07 Å². The average Bonchev–Trinajstić information content (AvgIpc) is 3.30. The number of nitrogens with zero attached hydrogens (tertiary/aromatic N) is 1. The average molecular weight is 453 g/mol. The van der Waals surface area contributed by atoms with Gasteiger partial charge in [-0.05, 0) is 55.5 Å². The lowest BCUT2D eigenvalue weighted by atomic mass is 9.98. The van der Waals surface area contributed by atoms with Gasteiger partial charge in [0, 0.05) is 18.8 Å². The van der Waals surface area contributed by atoms with Crippen LogP contribution in [0.5, 0.6) is 5.75 Å². The molecular formula is C20H24N2O6S2. The first-order valence-electron chi connectivity index (χ1n) is 9.50. The number of esters is 1. The second-order valence-electron chi connectivity index (χ2n) is 6.91. The lowest BCUT2D eigenvalue weighted by Gasteiger charge is -2.30. The molecule has 2 heterocycles. The van der Waals surface area contributed by atoms with Crippen LogP contribution in [0.1, 0.15) is 19.8 Å². The summed E-state index contributed by atoms with van der Waals surface area (Å²) in [6, 6.07) is 10.1. The molecule has 1 atom stereocenters. The molecule has 162 valence electrons. The third-order valence-corrected chi connectivity index (χ3v) is 8.17. The van der Waals surface area contributed by atoms with Gasteiger partial charge in [-0.3, -0.25) is 9.59 Å². The first kappa shape index (κ1) is 22.3. The molecule has 1 aliphatic heterocycles. The van der Waals surface area contributed by atoms with Crippen molar-refractivity contribution in [2.75, 3.05) is 25.5 Å². The molecule has 1 aromatic heterocycles. The number of ether oxygens (including phenoxy) is 2. The molecule has 1 aromatic carbocycles. The van der Waals surface area contributed by atoms with Gasteiger partial charge in [-0.25, -0.2) is 8.42 Å². The Labute approximate surface area is 179 Å². The SMILES string of the molecule is COc1ccc(NC(=O)C(C)OC(=O)C2CCN(S(=O)(=O)c3cccs3)CC2)cc1. The number of hydrogen-bond donors (Lipinski definition) is 1. The fourth-order valence-corrected chi connectivity index (χ4v) is 5.73. The first-order chi connectivity index (χ1) is 14.3. The van der Waals surface area contributed by atoms with Gasteiger partial charge in [0.1, 0.15) is 9.96 Å². The normalized spacial score (nSPS) is 16.6. The zero-order chi connectivity index (χ0) is 21.7. The summed E-state index contributed by atoms with van der Waals surface area (Å²) in [7, 11) is -1.96. The summed E-state index contributed by atoms with van der Waals surface area (Å²) in [5, 5.41) is 4.40. The van der Waals surface area contributed by atoms with E-state index < -0.39 is 33.9 Å². The van der Waals surface area contributed by atoms with Crippen molar-refractivity contribution in [1.29, 1.82) is 0 Å². The number of nitrogens with one attached hydrogen (secondary N) is 1. The second kappa shape index (κ2) is 9.59. The molecule has 1 amide bonds. The molecular weight excluding hydrogens is 428 g/mol. The van der Waals surface area contributed by atoms with E-state index >= 15 is 0 Å². The molecule has 8 nitrogen and oxygen atoms in total. The predicted octanol–water partition coefficient (Wildman–Crippen LogP) is 2.73. The van der Waals surface area contributed by atoms with Crippen LogP contribution >= 0.6 is 11.3 Å². The van der Waals surface area contributed by atoms with Crippen molar-refractivity contribution in [3.05, 3.63) is 41.8 Å². The van der Waals surface area contributed by atoms with E-state index in [1.807, 2.05) is 0 Å². The molecule has 1 unspecified atom stereocenters. The Morgan fingerprint density at radius 3 is 2.40 bits per heavy atom. The smallest absolute Gasteiger partial charge is 0.309 e. The number of sulfonamides is 1. The molecule has 0 saturated carbocycles. The molecule has 10 heteroatoms. The van der Waals surface area contributed by atoms with Gasteiger partial charge in [-0.15, -0.1) is 11.3 Å². The number of thiophene rings is 1. The lowest BCUT2D eigenvalue weighted by Crippen LogP contribution is -2.41. The summed E-state index contributed by atoms with van der Waals surface area (Å²) < 4.78 is 37.2. The largest absolute Gasteiger partial charge is 0.497 e. The van der Waals surface area contributed by atoms with Crippen molar-refractivity contribution in [3.63, 3.8) is 0 Å². The highest BCUT2D eigenvalue weighted by atomic mass is 32.2. The van der Waals surface area contributed by atoms with E-state index in [0.29, 0.717) is 28.5 Å². The number of rotatable bonds is 7. The van der Waals surface area contributed by atoms with Crippen LogP contribution in [-0.4, -0.2) is 50.9 Å². The van der Waals surface area contributed by atoms with E-state index in [4.69, 9.17) is 9.47 Å². The van der Waals surface area contributed by atoms with Crippen molar-refractivity contribution >= 4 is 38.9 Å². The predicted molar refractivity (Wildman–Crippen MR) is 113 cm³/mol. The zero-order valence-corrected chi connectivity index (χ0v) is 18.4. The van der Waals surface area contributed by atoms with Crippen molar-refractivity contribution in [2.45, 2.75) is 30.1 Å². The molecule has 0 radical (unpaired) electrons. The zero-order valence-electron chi connectivity index (χ0n) is 16.7. The standard InChI is InChI=1S/C20H24N2O6S2/c1-14(19(23)21-16-5-7-17(27-2)8-6-16)28-20(24)15-9-11-22(12-10-15)30(25,26)18-4-3-13-29-18/h3-8,13-15H,9-12H2,1-2H3,(H,21,23). The minimum absolute atomic E-state index is 0.242. The number of amides is 1. The number of hydrogen-bond acceptors (Lipinski definition) is 7. The molecule has 30 heavy (non-hydrogen) atoms. The topological polar surface area (TPSA) is 102 Å². The van der Waals surface area contributed by atoms with Crippen molar-refractivity contribution in [3.8, 4) is 5.75 Å². The molecule has 1 N–H and O–H groups in total.